The van der Waals surface area contributed by atoms with Crippen LogP contribution >= 0.6 is 11.3 Å². The summed E-state index contributed by atoms with van der Waals surface area (Å²) in [6, 6.07) is 14.8. The molecule has 3 aromatic carbocycles. The number of benzene rings is 3. The van der Waals surface area contributed by atoms with Gasteiger partial charge < -0.3 is 23.5 Å². The van der Waals surface area contributed by atoms with Crippen LogP contribution in [0.25, 0.3) is 21.0 Å². The fourth-order valence-electron chi connectivity index (χ4n) is 3.72. The third-order valence-corrected chi connectivity index (χ3v) is 6.35. The number of thiazole rings is 1. The van der Waals surface area contributed by atoms with Crippen molar-refractivity contribution in [3.63, 3.8) is 0 Å². The number of aromatic nitrogens is 1. The molecule has 0 spiro atoms. The van der Waals surface area contributed by atoms with Crippen LogP contribution in [0.1, 0.15) is 17.3 Å². The van der Waals surface area contributed by atoms with E-state index in [1.165, 1.54) is 25.6 Å². The van der Waals surface area contributed by atoms with E-state index in [0.717, 1.165) is 15.5 Å². The first-order chi connectivity index (χ1) is 16.5. The SMILES string of the molecule is CCOc1ccc2ccccc2c1C(=O)N=c1sc2cc(OC)c(OC)cc2n1CC(=O)OC. The van der Waals surface area contributed by atoms with E-state index in [2.05, 4.69) is 4.99 Å². The Morgan fingerprint density at radius 1 is 0.971 bits per heavy atom. The summed E-state index contributed by atoms with van der Waals surface area (Å²) in [5.74, 6) is 0.552. The molecular weight excluding hydrogens is 456 g/mol. The lowest BCUT2D eigenvalue weighted by molar-refractivity contribution is -0.141. The number of nitrogens with zero attached hydrogens (tertiary/aromatic N) is 2. The Morgan fingerprint density at radius 3 is 2.41 bits per heavy atom. The van der Waals surface area contributed by atoms with Gasteiger partial charge in [-0.05, 0) is 23.8 Å². The molecule has 0 atom stereocenters. The normalized spacial score (nSPS) is 11.6. The highest BCUT2D eigenvalue weighted by Crippen LogP contribution is 2.34. The van der Waals surface area contributed by atoms with Gasteiger partial charge in [0, 0.05) is 12.1 Å². The zero-order chi connectivity index (χ0) is 24.2. The van der Waals surface area contributed by atoms with Crippen LogP contribution in [0.3, 0.4) is 0 Å². The smallest absolute Gasteiger partial charge is 0.325 e. The summed E-state index contributed by atoms with van der Waals surface area (Å²) in [4.78, 5) is 30.5. The molecule has 0 aliphatic carbocycles. The molecule has 9 heteroatoms. The van der Waals surface area contributed by atoms with Gasteiger partial charge in [0.25, 0.3) is 5.91 Å². The van der Waals surface area contributed by atoms with Crippen molar-refractivity contribution in [3.05, 3.63) is 58.9 Å². The van der Waals surface area contributed by atoms with Crippen LogP contribution < -0.4 is 19.0 Å². The Labute approximate surface area is 200 Å². The van der Waals surface area contributed by atoms with Crippen LogP contribution in [-0.4, -0.2) is 44.4 Å². The Morgan fingerprint density at radius 2 is 1.71 bits per heavy atom. The molecule has 0 radical (unpaired) electrons. The minimum Gasteiger partial charge on any atom is -0.493 e. The predicted molar refractivity (Wildman–Crippen MR) is 130 cm³/mol. The maximum absolute atomic E-state index is 13.5. The lowest BCUT2D eigenvalue weighted by Crippen LogP contribution is -2.22. The van der Waals surface area contributed by atoms with Crippen LogP contribution in [0.5, 0.6) is 17.2 Å². The van der Waals surface area contributed by atoms with Gasteiger partial charge in [-0.3, -0.25) is 9.59 Å². The van der Waals surface area contributed by atoms with Gasteiger partial charge in [-0.1, -0.05) is 41.7 Å². The summed E-state index contributed by atoms with van der Waals surface area (Å²) < 4.78 is 23.8. The number of carbonyl (C=O) groups excluding carboxylic acids is 2. The summed E-state index contributed by atoms with van der Waals surface area (Å²) >= 11 is 1.26. The molecule has 4 aromatic rings. The number of methoxy groups -OCH3 is 3. The first kappa shape index (κ1) is 23.3. The molecule has 176 valence electrons. The van der Waals surface area contributed by atoms with Crippen molar-refractivity contribution < 1.29 is 28.5 Å². The van der Waals surface area contributed by atoms with E-state index in [9.17, 15) is 9.59 Å². The molecule has 0 fully saturated rings. The first-order valence-corrected chi connectivity index (χ1v) is 11.4. The number of fused-ring (bicyclic) bond motifs is 2. The quantitative estimate of drug-likeness (QED) is 0.369. The van der Waals surface area contributed by atoms with Gasteiger partial charge in [-0.2, -0.15) is 4.99 Å². The number of hydrogen-bond acceptors (Lipinski definition) is 7. The van der Waals surface area contributed by atoms with E-state index < -0.39 is 11.9 Å². The molecule has 8 nitrogen and oxygen atoms in total. The third kappa shape index (κ3) is 4.34. The Bertz CT molecular complexity index is 1450. The zero-order valence-electron chi connectivity index (χ0n) is 19.3. The van der Waals surface area contributed by atoms with Crippen molar-refractivity contribution in [1.29, 1.82) is 0 Å². The van der Waals surface area contributed by atoms with Gasteiger partial charge in [-0.25, -0.2) is 0 Å². The summed E-state index contributed by atoms with van der Waals surface area (Å²) in [7, 11) is 4.39. The van der Waals surface area contributed by atoms with Crippen LogP contribution in [0.4, 0.5) is 0 Å². The maximum atomic E-state index is 13.5. The van der Waals surface area contributed by atoms with E-state index in [4.69, 9.17) is 18.9 Å². The fourth-order valence-corrected chi connectivity index (χ4v) is 4.76. The van der Waals surface area contributed by atoms with Gasteiger partial charge in [0.15, 0.2) is 16.3 Å². The van der Waals surface area contributed by atoms with Gasteiger partial charge in [0.2, 0.25) is 0 Å². The number of esters is 1. The summed E-state index contributed by atoms with van der Waals surface area (Å²) in [5.41, 5.74) is 1.04. The largest absolute Gasteiger partial charge is 0.493 e. The molecule has 0 aliphatic heterocycles. The number of rotatable bonds is 7. The van der Waals surface area contributed by atoms with Gasteiger partial charge in [0.05, 0.1) is 43.7 Å². The van der Waals surface area contributed by atoms with E-state index in [1.807, 2.05) is 37.3 Å². The van der Waals surface area contributed by atoms with E-state index in [-0.39, 0.29) is 6.54 Å². The van der Waals surface area contributed by atoms with Crippen molar-refractivity contribution in [3.8, 4) is 17.2 Å². The van der Waals surface area contributed by atoms with Crippen molar-refractivity contribution in [2.75, 3.05) is 27.9 Å². The van der Waals surface area contributed by atoms with Crippen molar-refractivity contribution in [1.82, 2.24) is 4.57 Å². The lowest BCUT2D eigenvalue weighted by atomic mass is 10.0. The second kappa shape index (κ2) is 9.96. The number of ether oxygens (including phenoxy) is 4. The molecule has 0 saturated heterocycles. The van der Waals surface area contributed by atoms with Crippen LogP contribution in [0, 0.1) is 0 Å². The number of carbonyl (C=O) groups is 2. The van der Waals surface area contributed by atoms with Gasteiger partial charge in [0.1, 0.15) is 12.3 Å². The highest BCUT2D eigenvalue weighted by atomic mass is 32.1. The van der Waals surface area contributed by atoms with E-state index in [1.54, 1.807) is 29.9 Å². The first-order valence-electron chi connectivity index (χ1n) is 10.6. The topological polar surface area (TPSA) is 88.4 Å². The molecule has 34 heavy (non-hydrogen) atoms. The molecule has 0 saturated carbocycles. The van der Waals surface area contributed by atoms with Crippen LogP contribution in [-0.2, 0) is 16.1 Å². The molecular formula is C25H24N2O6S. The molecule has 0 aliphatic rings. The molecule has 0 N–H and O–H groups in total. The minimum absolute atomic E-state index is 0.119. The zero-order valence-corrected chi connectivity index (χ0v) is 20.1. The monoisotopic (exact) mass is 480 g/mol. The molecule has 0 unspecified atom stereocenters. The molecule has 1 heterocycles. The predicted octanol–water partition coefficient (Wildman–Crippen LogP) is 4.19. The van der Waals surface area contributed by atoms with E-state index >= 15 is 0 Å². The molecule has 0 bridgehead atoms. The fraction of sp³-hybridized carbons (Fsp3) is 0.240. The number of amides is 1. The minimum atomic E-state index is -0.469. The summed E-state index contributed by atoms with van der Waals surface area (Å²) in [6.45, 7) is 2.15. The molecule has 4 rings (SSSR count). The van der Waals surface area contributed by atoms with Crippen molar-refractivity contribution in [2.24, 2.45) is 4.99 Å². The van der Waals surface area contributed by atoms with E-state index in [0.29, 0.717) is 39.7 Å². The lowest BCUT2D eigenvalue weighted by Gasteiger charge is -2.11. The van der Waals surface area contributed by atoms with Crippen LogP contribution in [0.15, 0.2) is 53.5 Å². The van der Waals surface area contributed by atoms with Gasteiger partial charge in [-0.15, -0.1) is 0 Å². The summed E-state index contributed by atoms with van der Waals surface area (Å²) in [5, 5.41) is 1.64. The molecule has 1 aromatic heterocycles. The van der Waals surface area contributed by atoms with Gasteiger partial charge >= 0.3 is 5.97 Å². The average Bonchev–Trinajstić information content (AvgIpc) is 3.18. The number of hydrogen-bond donors (Lipinski definition) is 0. The highest BCUT2D eigenvalue weighted by molar-refractivity contribution is 7.16. The third-order valence-electron chi connectivity index (χ3n) is 5.30. The molecule has 1 amide bonds. The summed E-state index contributed by atoms with van der Waals surface area (Å²) in [6.07, 6.45) is 0. The van der Waals surface area contributed by atoms with Crippen molar-refractivity contribution in [2.45, 2.75) is 13.5 Å². The Kier molecular flexibility index (Phi) is 6.83. The second-order valence-corrected chi connectivity index (χ2v) is 8.24. The average molecular weight is 481 g/mol. The van der Waals surface area contributed by atoms with Crippen molar-refractivity contribution >= 4 is 44.2 Å². The van der Waals surface area contributed by atoms with Crippen LogP contribution in [0.2, 0.25) is 0 Å². The Balaban J connectivity index is 1.96. The standard InChI is InChI=1S/C25H24N2O6S/c1-5-33-18-11-10-15-8-6-7-9-16(15)23(18)24(29)26-25-27(14-22(28)32-4)17-12-19(30-2)20(31-3)13-21(17)34-25/h6-13H,5,14H2,1-4H3. The second-order valence-electron chi connectivity index (χ2n) is 7.23. The maximum Gasteiger partial charge on any atom is 0.325 e. The highest BCUT2D eigenvalue weighted by Gasteiger charge is 2.19. The Hall–Kier alpha value is -3.85.